The molecule has 1 fully saturated rings. The number of aliphatic hydroxyl groups excluding tert-OH is 1. The Morgan fingerprint density at radius 1 is 1.45 bits per heavy atom. The van der Waals surface area contributed by atoms with Crippen molar-refractivity contribution in [1.29, 1.82) is 0 Å². The standard InChI is InChI=1S/C13H19ClN2O2S.ClH/c14-13(12-5-4-8-19-12)15-18-10-11(17)9-16-6-2-1-3-7-16;/h4-5,8,11,17H,1-3,6-7,9-10H2;1H. The Labute approximate surface area is 134 Å². The van der Waals surface area contributed by atoms with E-state index in [1.807, 2.05) is 17.5 Å². The number of piperidine rings is 1. The first kappa shape index (κ1) is 17.7. The highest BCUT2D eigenvalue weighted by Gasteiger charge is 2.15. The van der Waals surface area contributed by atoms with Crippen molar-refractivity contribution in [3.05, 3.63) is 22.4 Å². The molecule has 0 aromatic carbocycles. The van der Waals surface area contributed by atoms with E-state index in [0.29, 0.717) is 11.7 Å². The Morgan fingerprint density at radius 3 is 2.85 bits per heavy atom. The molecule has 7 heteroatoms. The lowest BCUT2D eigenvalue weighted by atomic mass is 10.1. The molecule has 1 saturated heterocycles. The summed E-state index contributed by atoms with van der Waals surface area (Å²) in [7, 11) is 0. The van der Waals surface area contributed by atoms with Gasteiger partial charge in [-0.15, -0.1) is 23.7 Å². The molecule has 0 amide bonds. The largest absolute Gasteiger partial charge is 0.392 e. The van der Waals surface area contributed by atoms with Gasteiger partial charge in [-0.05, 0) is 37.4 Å². The molecule has 1 aliphatic heterocycles. The molecule has 1 aliphatic rings. The smallest absolute Gasteiger partial charge is 0.185 e. The summed E-state index contributed by atoms with van der Waals surface area (Å²) in [5, 5.41) is 15.9. The third kappa shape index (κ3) is 5.97. The second-order valence-electron chi connectivity index (χ2n) is 4.67. The van der Waals surface area contributed by atoms with Gasteiger partial charge in [0.15, 0.2) is 5.17 Å². The van der Waals surface area contributed by atoms with E-state index in [9.17, 15) is 5.11 Å². The summed E-state index contributed by atoms with van der Waals surface area (Å²) >= 11 is 7.47. The third-order valence-electron chi connectivity index (χ3n) is 3.05. The first-order valence-electron chi connectivity index (χ1n) is 6.55. The highest BCUT2D eigenvalue weighted by Crippen LogP contribution is 2.13. The van der Waals surface area contributed by atoms with E-state index in [1.54, 1.807) is 0 Å². The van der Waals surface area contributed by atoms with Crippen LogP contribution >= 0.6 is 35.3 Å². The topological polar surface area (TPSA) is 45.1 Å². The average Bonchev–Trinajstić information content (AvgIpc) is 2.93. The number of aliphatic hydroxyl groups is 1. The van der Waals surface area contributed by atoms with Crippen LogP contribution in [0.25, 0.3) is 0 Å². The average molecular weight is 339 g/mol. The number of hydrogen-bond acceptors (Lipinski definition) is 5. The lowest BCUT2D eigenvalue weighted by molar-refractivity contribution is 0.0161. The number of rotatable bonds is 6. The van der Waals surface area contributed by atoms with Gasteiger partial charge in [-0.2, -0.15) is 0 Å². The van der Waals surface area contributed by atoms with Crippen LogP contribution in [0.4, 0.5) is 0 Å². The van der Waals surface area contributed by atoms with Gasteiger partial charge in [0, 0.05) is 6.54 Å². The maximum atomic E-state index is 9.87. The number of nitrogens with zero attached hydrogens (tertiary/aromatic N) is 2. The number of thiophene rings is 1. The van der Waals surface area contributed by atoms with Crippen LogP contribution in [-0.4, -0.2) is 47.5 Å². The third-order valence-corrected chi connectivity index (χ3v) is 4.31. The summed E-state index contributed by atoms with van der Waals surface area (Å²) in [6.45, 7) is 2.96. The van der Waals surface area contributed by atoms with Gasteiger partial charge in [-0.3, -0.25) is 0 Å². The van der Waals surface area contributed by atoms with Crippen molar-refractivity contribution in [2.75, 3.05) is 26.2 Å². The fourth-order valence-corrected chi connectivity index (χ4v) is 2.95. The fourth-order valence-electron chi connectivity index (χ4n) is 2.11. The van der Waals surface area contributed by atoms with Crippen molar-refractivity contribution in [1.82, 2.24) is 4.90 Å². The van der Waals surface area contributed by atoms with Crippen LogP contribution in [0.5, 0.6) is 0 Å². The molecule has 1 unspecified atom stereocenters. The minimum atomic E-state index is -0.519. The van der Waals surface area contributed by atoms with Crippen LogP contribution in [0.15, 0.2) is 22.7 Å². The fraction of sp³-hybridized carbons (Fsp3) is 0.615. The Kier molecular flexibility index (Phi) is 8.49. The zero-order valence-electron chi connectivity index (χ0n) is 11.2. The van der Waals surface area contributed by atoms with Gasteiger partial charge in [0.2, 0.25) is 0 Å². The SMILES string of the molecule is Cl.OC(CON=C(Cl)c1cccs1)CN1CCCCC1. The number of hydrogen-bond donors (Lipinski definition) is 1. The quantitative estimate of drug-likeness (QED) is 0.640. The maximum Gasteiger partial charge on any atom is 0.185 e. The van der Waals surface area contributed by atoms with Gasteiger partial charge in [0.25, 0.3) is 0 Å². The first-order valence-corrected chi connectivity index (χ1v) is 7.81. The molecule has 20 heavy (non-hydrogen) atoms. The van der Waals surface area contributed by atoms with Gasteiger partial charge in [-0.25, -0.2) is 0 Å². The number of likely N-dealkylation sites (tertiary alicyclic amines) is 1. The van der Waals surface area contributed by atoms with E-state index in [4.69, 9.17) is 16.4 Å². The van der Waals surface area contributed by atoms with Gasteiger partial charge in [-0.1, -0.05) is 29.2 Å². The molecule has 4 nitrogen and oxygen atoms in total. The summed E-state index contributed by atoms with van der Waals surface area (Å²) in [5.74, 6) is 0. The van der Waals surface area contributed by atoms with Gasteiger partial charge < -0.3 is 14.8 Å². The van der Waals surface area contributed by atoms with Crippen molar-refractivity contribution in [2.24, 2.45) is 5.16 Å². The van der Waals surface area contributed by atoms with Crippen molar-refractivity contribution in [3.8, 4) is 0 Å². The Hall–Kier alpha value is -0.330. The number of β-amino-alcohol motifs (C(OH)–C–C–N with tert-alkyl or cyclic N) is 1. The molecular weight excluding hydrogens is 319 g/mol. The summed E-state index contributed by atoms with van der Waals surface area (Å²) in [4.78, 5) is 8.24. The minimum Gasteiger partial charge on any atom is -0.392 e. The van der Waals surface area contributed by atoms with Gasteiger partial charge >= 0.3 is 0 Å². The molecule has 0 radical (unpaired) electrons. The molecule has 0 bridgehead atoms. The lowest BCUT2D eigenvalue weighted by Gasteiger charge is -2.27. The normalized spacial score (nSPS) is 18.4. The van der Waals surface area contributed by atoms with Crippen molar-refractivity contribution in [2.45, 2.75) is 25.4 Å². The first-order chi connectivity index (χ1) is 9.25. The zero-order valence-corrected chi connectivity index (χ0v) is 13.6. The van der Waals surface area contributed by atoms with Crippen LogP contribution in [0.2, 0.25) is 0 Å². The van der Waals surface area contributed by atoms with Gasteiger partial charge in [0.05, 0.1) is 4.88 Å². The lowest BCUT2D eigenvalue weighted by Crippen LogP contribution is -2.38. The van der Waals surface area contributed by atoms with Crippen molar-refractivity contribution < 1.29 is 9.94 Å². The Balaban J connectivity index is 0.00000200. The van der Waals surface area contributed by atoms with E-state index in [1.165, 1.54) is 30.6 Å². The summed E-state index contributed by atoms with van der Waals surface area (Å²) in [5.41, 5.74) is 0. The highest BCUT2D eigenvalue weighted by atomic mass is 35.5. The predicted molar refractivity (Wildman–Crippen MR) is 86.2 cm³/mol. The van der Waals surface area contributed by atoms with Crippen LogP contribution in [0, 0.1) is 0 Å². The van der Waals surface area contributed by atoms with E-state index in [2.05, 4.69) is 10.1 Å². The van der Waals surface area contributed by atoms with Crippen LogP contribution in [-0.2, 0) is 4.84 Å². The molecule has 0 aliphatic carbocycles. The zero-order chi connectivity index (χ0) is 13.5. The maximum absolute atomic E-state index is 9.87. The van der Waals surface area contributed by atoms with E-state index in [-0.39, 0.29) is 19.0 Å². The summed E-state index contributed by atoms with van der Waals surface area (Å²) in [6.07, 6.45) is 3.21. The predicted octanol–water partition coefficient (Wildman–Crippen LogP) is 2.93. The highest BCUT2D eigenvalue weighted by molar-refractivity contribution is 7.14. The molecular formula is C13H20Cl2N2O2S. The Bertz CT molecular complexity index is 395. The molecule has 0 saturated carbocycles. The van der Waals surface area contributed by atoms with Crippen LogP contribution in [0.1, 0.15) is 24.1 Å². The van der Waals surface area contributed by atoms with Crippen molar-refractivity contribution >= 4 is 40.5 Å². The molecule has 0 spiro atoms. The van der Waals surface area contributed by atoms with E-state index >= 15 is 0 Å². The number of halogens is 2. The van der Waals surface area contributed by atoms with Gasteiger partial charge in [0.1, 0.15) is 12.7 Å². The molecule has 2 heterocycles. The minimum absolute atomic E-state index is 0. The van der Waals surface area contributed by atoms with Crippen LogP contribution in [0.3, 0.4) is 0 Å². The van der Waals surface area contributed by atoms with E-state index < -0.39 is 6.10 Å². The number of oxime groups is 1. The second kappa shape index (κ2) is 9.58. The molecule has 1 N–H and O–H groups in total. The summed E-state index contributed by atoms with van der Waals surface area (Å²) < 4.78 is 0. The molecule has 1 atom stereocenters. The van der Waals surface area contributed by atoms with E-state index in [0.717, 1.165) is 18.0 Å². The monoisotopic (exact) mass is 338 g/mol. The molecule has 1 aromatic heterocycles. The Morgan fingerprint density at radius 2 is 2.20 bits per heavy atom. The second-order valence-corrected chi connectivity index (χ2v) is 5.98. The van der Waals surface area contributed by atoms with Crippen molar-refractivity contribution in [3.63, 3.8) is 0 Å². The molecule has 2 rings (SSSR count). The molecule has 114 valence electrons. The molecule has 1 aromatic rings. The summed E-state index contributed by atoms with van der Waals surface area (Å²) in [6, 6.07) is 3.78. The van der Waals surface area contributed by atoms with Crippen LogP contribution < -0.4 is 0 Å².